The smallest absolute Gasteiger partial charge is 0.300 e. The second kappa shape index (κ2) is 8.17. The SMILES string of the molecule is CC(=O)O.Nc1nccc(Nc2cc3c(c(-c4ccc(O)cc4)c2)CN=C3)n1. The number of nitrogens with zero attached hydrogens (tertiary/aromatic N) is 3. The van der Waals surface area contributed by atoms with Crippen molar-refractivity contribution < 1.29 is 15.0 Å². The number of aromatic hydroxyl groups is 1. The Hall–Kier alpha value is -3.94. The molecule has 0 saturated heterocycles. The fourth-order valence-corrected chi connectivity index (χ4v) is 2.78. The molecule has 0 unspecified atom stereocenters. The summed E-state index contributed by atoms with van der Waals surface area (Å²) in [7, 11) is 0. The quantitative estimate of drug-likeness (QED) is 0.550. The first-order valence-corrected chi connectivity index (χ1v) is 8.43. The van der Waals surface area contributed by atoms with Crippen LogP contribution in [0.4, 0.5) is 17.5 Å². The summed E-state index contributed by atoms with van der Waals surface area (Å²) in [4.78, 5) is 21.4. The van der Waals surface area contributed by atoms with Gasteiger partial charge in [-0.05, 0) is 47.0 Å². The minimum atomic E-state index is -0.833. The van der Waals surface area contributed by atoms with Gasteiger partial charge in [0.2, 0.25) is 5.95 Å². The second-order valence-electron chi connectivity index (χ2n) is 6.05. The molecule has 0 amide bonds. The van der Waals surface area contributed by atoms with Gasteiger partial charge in [0.05, 0.1) is 6.54 Å². The number of aliphatic carboxylic acids is 1. The molecule has 5 N–H and O–H groups in total. The third-order valence-electron chi connectivity index (χ3n) is 3.89. The van der Waals surface area contributed by atoms with E-state index in [0.717, 1.165) is 29.3 Å². The first-order chi connectivity index (χ1) is 13.4. The maximum absolute atomic E-state index is 9.51. The van der Waals surface area contributed by atoms with Crippen molar-refractivity contribution in [3.05, 3.63) is 59.8 Å². The van der Waals surface area contributed by atoms with Crippen LogP contribution >= 0.6 is 0 Å². The van der Waals surface area contributed by atoms with Gasteiger partial charge in [0, 0.05) is 30.6 Å². The van der Waals surface area contributed by atoms with Crippen molar-refractivity contribution >= 4 is 29.6 Å². The number of nitrogens with one attached hydrogen (secondary N) is 1. The average Bonchev–Trinajstić information content (AvgIpc) is 3.10. The Kier molecular flexibility index (Phi) is 5.50. The van der Waals surface area contributed by atoms with Gasteiger partial charge in [-0.3, -0.25) is 9.79 Å². The Bertz CT molecular complexity index is 1030. The zero-order valence-corrected chi connectivity index (χ0v) is 15.1. The van der Waals surface area contributed by atoms with Crippen LogP contribution in [-0.4, -0.2) is 32.4 Å². The first kappa shape index (κ1) is 18.8. The van der Waals surface area contributed by atoms with Crippen molar-refractivity contribution in [2.75, 3.05) is 11.1 Å². The number of carboxylic acids is 1. The van der Waals surface area contributed by atoms with Crippen molar-refractivity contribution in [2.45, 2.75) is 13.5 Å². The number of carbonyl (C=O) groups is 1. The fraction of sp³-hybridized carbons (Fsp3) is 0.100. The van der Waals surface area contributed by atoms with Crippen LogP contribution in [-0.2, 0) is 11.3 Å². The lowest BCUT2D eigenvalue weighted by Gasteiger charge is -2.13. The molecule has 1 aromatic heterocycles. The van der Waals surface area contributed by atoms with Gasteiger partial charge in [-0.25, -0.2) is 4.98 Å². The Morgan fingerprint density at radius 3 is 2.57 bits per heavy atom. The normalized spacial score (nSPS) is 11.3. The van der Waals surface area contributed by atoms with Crippen LogP contribution in [0.25, 0.3) is 11.1 Å². The number of rotatable bonds is 3. The number of nitrogens with two attached hydrogens (primary N) is 1. The third-order valence-corrected chi connectivity index (χ3v) is 3.89. The molecular formula is C20H19N5O3. The fourth-order valence-electron chi connectivity index (χ4n) is 2.78. The number of fused-ring (bicyclic) bond motifs is 1. The van der Waals surface area contributed by atoms with Crippen LogP contribution in [0.1, 0.15) is 18.1 Å². The largest absolute Gasteiger partial charge is 0.508 e. The summed E-state index contributed by atoms with van der Waals surface area (Å²) < 4.78 is 0. The van der Waals surface area contributed by atoms with Crippen LogP contribution in [0, 0.1) is 0 Å². The Balaban J connectivity index is 0.000000516. The molecule has 28 heavy (non-hydrogen) atoms. The molecule has 0 aliphatic carbocycles. The molecule has 0 spiro atoms. The second-order valence-corrected chi connectivity index (χ2v) is 6.05. The highest BCUT2D eigenvalue weighted by Crippen LogP contribution is 2.33. The Morgan fingerprint density at radius 1 is 1.18 bits per heavy atom. The average molecular weight is 377 g/mol. The zero-order chi connectivity index (χ0) is 20.1. The van der Waals surface area contributed by atoms with Crippen LogP contribution in [0.5, 0.6) is 5.75 Å². The van der Waals surface area contributed by atoms with E-state index >= 15 is 0 Å². The predicted octanol–water partition coefficient (Wildman–Crippen LogP) is 3.20. The van der Waals surface area contributed by atoms with Crippen molar-refractivity contribution in [1.29, 1.82) is 0 Å². The summed E-state index contributed by atoms with van der Waals surface area (Å²) in [5, 5.41) is 20.2. The third kappa shape index (κ3) is 4.61. The summed E-state index contributed by atoms with van der Waals surface area (Å²) in [6.45, 7) is 1.74. The van der Waals surface area contributed by atoms with Gasteiger partial charge in [0.15, 0.2) is 0 Å². The number of aliphatic imine (C=N–C) groups is 1. The van der Waals surface area contributed by atoms with E-state index in [1.54, 1.807) is 24.4 Å². The lowest BCUT2D eigenvalue weighted by molar-refractivity contribution is -0.134. The number of aromatic nitrogens is 2. The van der Waals surface area contributed by atoms with E-state index in [4.69, 9.17) is 15.6 Å². The molecule has 4 rings (SSSR count). The number of phenolic OH excluding ortho intramolecular Hbond substituents is 1. The van der Waals surface area contributed by atoms with Gasteiger partial charge < -0.3 is 21.3 Å². The highest BCUT2D eigenvalue weighted by Gasteiger charge is 2.15. The van der Waals surface area contributed by atoms with E-state index in [0.29, 0.717) is 12.4 Å². The molecule has 3 aromatic rings. The zero-order valence-electron chi connectivity index (χ0n) is 15.1. The summed E-state index contributed by atoms with van der Waals surface area (Å²) in [5.41, 5.74) is 10.9. The highest BCUT2D eigenvalue weighted by molar-refractivity contribution is 5.91. The van der Waals surface area contributed by atoms with Gasteiger partial charge in [-0.15, -0.1) is 0 Å². The summed E-state index contributed by atoms with van der Waals surface area (Å²) in [5.74, 6) is 0.271. The number of phenols is 1. The van der Waals surface area contributed by atoms with Crippen LogP contribution < -0.4 is 11.1 Å². The predicted molar refractivity (Wildman–Crippen MR) is 108 cm³/mol. The number of carboxylic acid groups (broad SMARTS) is 1. The number of benzene rings is 2. The summed E-state index contributed by atoms with van der Waals surface area (Å²) in [6, 6.07) is 13.0. The van der Waals surface area contributed by atoms with Gasteiger partial charge in [0.1, 0.15) is 11.6 Å². The molecule has 0 atom stereocenters. The topological polar surface area (TPSA) is 134 Å². The molecule has 0 bridgehead atoms. The Morgan fingerprint density at radius 2 is 1.89 bits per heavy atom. The molecule has 8 heteroatoms. The van der Waals surface area contributed by atoms with Crippen molar-refractivity contribution in [3.63, 3.8) is 0 Å². The van der Waals surface area contributed by atoms with E-state index in [9.17, 15) is 5.11 Å². The number of hydrogen-bond donors (Lipinski definition) is 4. The van der Waals surface area contributed by atoms with Gasteiger partial charge >= 0.3 is 0 Å². The van der Waals surface area contributed by atoms with E-state index in [-0.39, 0.29) is 11.7 Å². The van der Waals surface area contributed by atoms with E-state index in [2.05, 4.69) is 26.3 Å². The van der Waals surface area contributed by atoms with Crippen molar-refractivity contribution in [3.8, 4) is 16.9 Å². The van der Waals surface area contributed by atoms with Crippen molar-refractivity contribution in [1.82, 2.24) is 9.97 Å². The van der Waals surface area contributed by atoms with Crippen LogP contribution in [0.3, 0.4) is 0 Å². The van der Waals surface area contributed by atoms with Gasteiger partial charge in [-0.2, -0.15) is 4.98 Å². The minimum Gasteiger partial charge on any atom is -0.508 e. The summed E-state index contributed by atoms with van der Waals surface area (Å²) >= 11 is 0. The standard InChI is InChI=1S/C18H15N5O.C2H4O2/c19-18-21-6-5-17(23-18)22-13-7-12-9-20-10-16(12)15(8-13)11-1-3-14(24)4-2-11;1-2(3)4/h1-9,24H,10H2,(H3,19,21,22,23);1H3,(H,3,4). The molecule has 1 aliphatic heterocycles. The van der Waals surface area contributed by atoms with E-state index < -0.39 is 5.97 Å². The molecule has 0 fully saturated rings. The first-order valence-electron chi connectivity index (χ1n) is 8.43. The molecule has 2 aromatic carbocycles. The molecular weight excluding hydrogens is 358 g/mol. The maximum Gasteiger partial charge on any atom is 0.300 e. The molecule has 1 aliphatic rings. The van der Waals surface area contributed by atoms with Crippen molar-refractivity contribution in [2.24, 2.45) is 4.99 Å². The molecule has 8 nitrogen and oxygen atoms in total. The van der Waals surface area contributed by atoms with Crippen LogP contribution in [0.15, 0.2) is 53.7 Å². The molecule has 0 radical (unpaired) electrons. The number of hydrogen-bond acceptors (Lipinski definition) is 7. The monoisotopic (exact) mass is 377 g/mol. The minimum absolute atomic E-state index is 0.224. The van der Waals surface area contributed by atoms with Gasteiger partial charge in [0.25, 0.3) is 5.97 Å². The lowest BCUT2D eigenvalue weighted by Crippen LogP contribution is -2.00. The highest BCUT2D eigenvalue weighted by atomic mass is 16.4. The van der Waals surface area contributed by atoms with E-state index in [1.165, 1.54) is 5.56 Å². The van der Waals surface area contributed by atoms with E-state index in [1.807, 2.05) is 24.4 Å². The van der Waals surface area contributed by atoms with Crippen LogP contribution in [0.2, 0.25) is 0 Å². The number of nitrogen functional groups attached to an aromatic ring is 1. The van der Waals surface area contributed by atoms with Gasteiger partial charge in [-0.1, -0.05) is 12.1 Å². The molecule has 142 valence electrons. The molecule has 0 saturated carbocycles. The summed E-state index contributed by atoms with van der Waals surface area (Å²) in [6.07, 6.45) is 3.49. The molecule has 2 heterocycles. The maximum atomic E-state index is 9.51. The lowest BCUT2D eigenvalue weighted by atomic mass is 9.96. The Labute approximate surface area is 161 Å². The number of anilines is 3.